The zero-order valence-electron chi connectivity index (χ0n) is 11.2. The maximum atomic E-state index is 4.79. The van der Waals surface area contributed by atoms with Gasteiger partial charge in [0.25, 0.3) is 0 Å². The van der Waals surface area contributed by atoms with E-state index < -0.39 is 0 Å². The summed E-state index contributed by atoms with van der Waals surface area (Å²) in [6.45, 7) is 0. The van der Waals surface area contributed by atoms with Gasteiger partial charge < -0.3 is 0 Å². The van der Waals surface area contributed by atoms with Crippen LogP contribution < -0.4 is 0 Å². The van der Waals surface area contributed by atoms with Gasteiger partial charge in [-0.05, 0) is 22.9 Å². The molecule has 4 rings (SSSR count). The molecule has 4 aromatic rings. The van der Waals surface area contributed by atoms with Gasteiger partial charge in [0.15, 0.2) is 0 Å². The third-order valence-corrected chi connectivity index (χ3v) is 4.39. The lowest BCUT2D eigenvalue weighted by Crippen LogP contribution is -1.82. The smallest absolute Gasteiger partial charge is 0.124 e. The second kappa shape index (κ2) is 5.11. The Morgan fingerprint density at radius 3 is 2.52 bits per heavy atom. The summed E-state index contributed by atoms with van der Waals surface area (Å²) in [4.78, 5) is 8.85. The molecule has 100 valence electrons. The van der Waals surface area contributed by atoms with Gasteiger partial charge in [-0.15, -0.1) is 11.3 Å². The van der Waals surface area contributed by atoms with Gasteiger partial charge in [0.05, 0.1) is 5.69 Å². The first-order chi connectivity index (χ1) is 10.4. The number of nitrogens with zero attached hydrogens (tertiary/aromatic N) is 2. The predicted molar refractivity (Wildman–Crippen MR) is 88.3 cm³/mol. The highest BCUT2D eigenvalue weighted by Crippen LogP contribution is 2.32. The summed E-state index contributed by atoms with van der Waals surface area (Å²) in [6.07, 6.45) is 3.60. The molecule has 0 unspecified atom stereocenters. The summed E-state index contributed by atoms with van der Waals surface area (Å²) >= 11 is 1.67. The Hall–Kier alpha value is -2.52. The molecule has 0 radical (unpaired) electrons. The maximum Gasteiger partial charge on any atom is 0.124 e. The van der Waals surface area contributed by atoms with Crippen molar-refractivity contribution in [2.24, 2.45) is 0 Å². The zero-order valence-corrected chi connectivity index (χ0v) is 12.0. The fourth-order valence-electron chi connectivity index (χ4n) is 2.47. The number of pyridine rings is 1. The lowest BCUT2D eigenvalue weighted by Gasteiger charge is -2.03. The summed E-state index contributed by atoms with van der Waals surface area (Å²) in [5, 5.41) is 5.64. The molecule has 0 spiro atoms. The highest BCUT2D eigenvalue weighted by atomic mass is 32.1. The molecule has 0 atom stereocenters. The standard InChI is InChI=1S/C18H12N2S/c1-2-6-15-13(4-1)5-3-7-16(15)17-12-21-18(20-17)14-8-10-19-11-9-14/h1-12H. The van der Waals surface area contributed by atoms with Crippen LogP contribution in [0.5, 0.6) is 0 Å². The minimum Gasteiger partial charge on any atom is -0.265 e. The van der Waals surface area contributed by atoms with Crippen molar-refractivity contribution in [2.45, 2.75) is 0 Å². The molecule has 0 fully saturated rings. The van der Waals surface area contributed by atoms with Crippen LogP contribution in [0.3, 0.4) is 0 Å². The first-order valence-corrected chi connectivity index (χ1v) is 7.64. The van der Waals surface area contributed by atoms with Gasteiger partial charge in [-0.25, -0.2) is 4.98 Å². The third kappa shape index (κ3) is 2.22. The normalized spacial score (nSPS) is 10.9. The second-order valence-electron chi connectivity index (χ2n) is 4.80. The monoisotopic (exact) mass is 288 g/mol. The second-order valence-corrected chi connectivity index (χ2v) is 5.66. The van der Waals surface area contributed by atoms with Crippen molar-refractivity contribution in [1.82, 2.24) is 9.97 Å². The molecule has 2 aromatic carbocycles. The van der Waals surface area contributed by atoms with E-state index in [2.05, 4.69) is 52.8 Å². The van der Waals surface area contributed by atoms with Crippen LogP contribution in [0.2, 0.25) is 0 Å². The molecule has 2 nitrogen and oxygen atoms in total. The first-order valence-electron chi connectivity index (χ1n) is 6.76. The van der Waals surface area contributed by atoms with Gasteiger partial charge in [0.2, 0.25) is 0 Å². The van der Waals surface area contributed by atoms with Crippen molar-refractivity contribution in [1.29, 1.82) is 0 Å². The van der Waals surface area contributed by atoms with Crippen molar-refractivity contribution < 1.29 is 0 Å². The van der Waals surface area contributed by atoms with Gasteiger partial charge >= 0.3 is 0 Å². The lowest BCUT2D eigenvalue weighted by atomic mass is 10.0. The van der Waals surface area contributed by atoms with E-state index in [9.17, 15) is 0 Å². The fourth-order valence-corrected chi connectivity index (χ4v) is 3.30. The van der Waals surface area contributed by atoms with Crippen LogP contribution in [0, 0.1) is 0 Å². The number of benzene rings is 2. The van der Waals surface area contributed by atoms with E-state index >= 15 is 0 Å². The summed E-state index contributed by atoms with van der Waals surface area (Å²) in [7, 11) is 0. The summed E-state index contributed by atoms with van der Waals surface area (Å²) in [6, 6.07) is 18.8. The molecule has 0 saturated heterocycles. The van der Waals surface area contributed by atoms with Crippen LogP contribution in [0.4, 0.5) is 0 Å². The van der Waals surface area contributed by atoms with Crippen LogP contribution in [0.25, 0.3) is 32.6 Å². The Kier molecular flexibility index (Phi) is 2.98. The van der Waals surface area contributed by atoms with Gasteiger partial charge in [-0.1, -0.05) is 42.5 Å². The van der Waals surface area contributed by atoms with Gasteiger partial charge in [0, 0.05) is 28.9 Å². The van der Waals surface area contributed by atoms with Crippen molar-refractivity contribution in [2.75, 3.05) is 0 Å². The summed E-state index contributed by atoms with van der Waals surface area (Å²) in [5.74, 6) is 0. The fraction of sp³-hybridized carbons (Fsp3) is 0. The minimum atomic E-state index is 1.03. The van der Waals surface area contributed by atoms with Crippen molar-refractivity contribution >= 4 is 22.1 Å². The summed E-state index contributed by atoms with van der Waals surface area (Å²) in [5.41, 5.74) is 3.33. The number of hydrogen-bond donors (Lipinski definition) is 0. The highest BCUT2D eigenvalue weighted by Gasteiger charge is 2.09. The SMILES string of the molecule is c1ccc2c(-c3csc(-c4ccncc4)n3)cccc2c1. The van der Waals surface area contributed by atoms with E-state index in [1.54, 1.807) is 23.7 Å². The highest BCUT2D eigenvalue weighted by molar-refractivity contribution is 7.13. The molecule has 0 amide bonds. The van der Waals surface area contributed by atoms with E-state index in [4.69, 9.17) is 4.98 Å². The molecule has 2 heterocycles. The van der Waals surface area contributed by atoms with Gasteiger partial charge in [-0.2, -0.15) is 0 Å². The number of rotatable bonds is 2. The number of hydrogen-bond acceptors (Lipinski definition) is 3. The maximum absolute atomic E-state index is 4.79. The van der Waals surface area contributed by atoms with Crippen molar-refractivity contribution in [3.05, 3.63) is 72.4 Å². The topological polar surface area (TPSA) is 25.8 Å². The first kappa shape index (κ1) is 12.2. The molecule has 0 saturated carbocycles. The third-order valence-electron chi connectivity index (χ3n) is 3.50. The molecule has 2 aromatic heterocycles. The van der Waals surface area contributed by atoms with Crippen molar-refractivity contribution in [3.63, 3.8) is 0 Å². The van der Waals surface area contributed by atoms with E-state index in [0.29, 0.717) is 0 Å². The molecule has 21 heavy (non-hydrogen) atoms. The molecule has 0 aliphatic carbocycles. The Bertz CT molecular complexity index is 892. The predicted octanol–water partition coefficient (Wildman–Crippen LogP) is 5.03. The molecular weight excluding hydrogens is 276 g/mol. The Labute approximate surface area is 126 Å². The Balaban J connectivity index is 1.85. The molecule has 0 aliphatic rings. The van der Waals surface area contributed by atoms with Crippen LogP contribution in [0.15, 0.2) is 72.4 Å². The van der Waals surface area contributed by atoms with E-state index in [1.807, 2.05) is 12.1 Å². The van der Waals surface area contributed by atoms with Gasteiger partial charge in [0.1, 0.15) is 5.01 Å². The molecular formula is C18H12N2S. The van der Waals surface area contributed by atoms with Crippen molar-refractivity contribution in [3.8, 4) is 21.8 Å². The molecule has 3 heteroatoms. The number of aromatic nitrogens is 2. The van der Waals surface area contributed by atoms with Crippen LogP contribution in [-0.4, -0.2) is 9.97 Å². The molecule has 0 N–H and O–H groups in total. The lowest BCUT2D eigenvalue weighted by molar-refractivity contribution is 1.32. The number of thiazole rings is 1. The zero-order chi connectivity index (χ0) is 14.1. The summed E-state index contributed by atoms with van der Waals surface area (Å²) < 4.78 is 0. The largest absolute Gasteiger partial charge is 0.265 e. The average molecular weight is 288 g/mol. The Morgan fingerprint density at radius 1 is 0.810 bits per heavy atom. The van der Waals surface area contributed by atoms with Crippen LogP contribution in [0.1, 0.15) is 0 Å². The van der Waals surface area contributed by atoms with Crippen LogP contribution in [-0.2, 0) is 0 Å². The average Bonchev–Trinajstić information content (AvgIpc) is 3.05. The quantitative estimate of drug-likeness (QED) is 0.517. The Morgan fingerprint density at radius 2 is 1.62 bits per heavy atom. The molecule has 0 bridgehead atoms. The van der Waals surface area contributed by atoms with E-state index in [-0.39, 0.29) is 0 Å². The van der Waals surface area contributed by atoms with E-state index in [1.165, 1.54) is 16.3 Å². The number of fused-ring (bicyclic) bond motifs is 1. The minimum absolute atomic E-state index is 1.03. The molecule has 0 aliphatic heterocycles. The van der Waals surface area contributed by atoms with Gasteiger partial charge in [-0.3, -0.25) is 4.98 Å². The van der Waals surface area contributed by atoms with Crippen LogP contribution >= 0.6 is 11.3 Å². The van der Waals surface area contributed by atoms with E-state index in [0.717, 1.165) is 16.3 Å².